The fourth-order valence-electron chi connectivity index (χ4n) is 1.81. The molecular weight excluding hydrogens is 324 g/mol. The SMILES string of the molecule is CCCc1noc(CS(=O)(=O)CCC(=O)Nc2cc(C)on2)n1. The van der Waals surface area contributed by atoms with E-state index in [9.17, 15) is 13.2 Å². The van der Waals surface area contributed by atoms with Crippen LogP contribution < -0.4 is 5.32 Å². The van der Waals surface area contributed by atoms with Crippen LogP contribution >= 0.6 is 0 Å². The lowest BCUT2D eigenvalue weighted by Gasteiger charge is -2.02. The zero-order valence-corrected chi connectivity index (χ0v) is 13.7. The van der Waals surface area contributed by atoms with Gasteiger partial charge < -0.3 is 14.4 Å². The first-order valence-corrected chi connectivity index (χ1v) is 8.95. The van der Waals surface area contributed by atoms with Crippen molar-refractivity contribution in [1.82, 2.24) is 15.3 Å². The largest absolute Gasteiger partial charge is 0.360 e. The summed E-state index contributed by atoms with van der Waals surface area (Å²) in [5.41, 5.74) is 0. The van der Waals surface area contributed by atoms with E-state index in [1.807, 2.05) is 6.92 Å². The van der Waals surface area contributed by atoms with Gasteiger partial charge in [-0.1, -0.05) is 17.2 Å². The Labute approximate surface area is 133 Å². The van der Waals surface area contributed by atoms with E-state index in [0.29, 0.717) is 18.0 Å². The molecule has 0 radical (unpaired) electrons. The Morgan fingerprint density at radius 1 is 1.30 bits per heavy atom. The Morgan fingerprint density at radius 3 is 2.74 bits per heavy atom. The topological polar surface area (TPSA) is 128 Å². The van der Waals surface area contributed by atoms with Gasteiger partial charge in [0.05, 0.1) is 5.75 Å². The molecule has 10 heteroatoms. The molecule has 0 atom stereocenters. The van der Waals surface area contributed by atoms with E-state index in [4.69, 9.17) is 9.05 Å². The standard InChI is InChI=1S/C13H18N4O5S/c1-3-4-10-15-13(22-16-10)8-23(19,20)6-5-12(18)14-11-7-9(2)21-17-11/h7H,3-6,8H2,1-2H3,(H,14,17,18). The summed E-state index contributed by atoms with van der Waals surface area (Å²) >= 11 is 0. The predicted molar refractivity (Wildman–Crippen MR) is 80.3 cm³/mol. The van der Waals surface area contributed by atoms with Crippen LogP contribution in [0.2, 0.25) is 0 Å². The Balaban J connectivity index is 1.84. The molecule has 0 saturated carbocycles. The van der Waals surface area contributed by atoms with Crippen LogP contribution in [0.5, 0.6) is 0 Å². The molecule has 0 aliphatic carbocycles. The first-order valence-electron chi connectivity index (χ1n) is 7.13. The molecule has 0 aliphatic heterocycles. The van der Waals surface area contributed by atoms with Crippen molar-refractivity contribution in [3.05, 3.63) is 23.5 Å². The van der Waals surface area contributed by atoms with E-state index in [2.05, 4.69) is 20.6 Å². The van der Waals surface area contributed by atoms with E-state index in [-0.39, 0.29) is 29.6 Å². The molecule has 0 spiro atoms. The number of rotatable bonds is 8. The highest BCUT2D eigenvalue weighted by Gasteiger charge is 2.19. The Morgan fingerprint density at radius 2 is 2.09 bits per heavy atom. The quantitative estimate of drug-likeness (QED) is 0.759. The van der Waals surface area contributed by atoms with E-state index >= 15 is 0 Å². The summed E-state index contributed by atoms with van der Waals surface area (Å²) in [4.78, 5) is 15.7. The second kappa shape index (κ2) is 7.36. The van der Waals surface area contributed by atoms with Gasteiger partial charge in [0.2, 0.25) is 11.8 Å². The molecule has 2 rings (SSSR count). The molecule has 2 heterocycles. The molecule has 126 valence electrons. The molecule has 0 bridgehead atoms. The van der Waals surface area contributed by atoms with Gasteiger partial charge in [0.25, 0.3) is 0 Å². The van der Waals surface area contributed by atoms with E-state index < -0.39 is 15.7 Å². The average molecular weight is 342 g/mol. The number of aromatic nitrogens is 3. The maximum Gasteiger partial charge on any atom is 0.241 e. The maximum absolute atomic E-state index is 12.0. The first kappa shape index (κ1) is 17.1. The van der Waals surface area contributed by atoms with Gasteiger partial charge in [-0.15, -0.1) is 0 Å². The van der Waals surface area contributed by atoms with Crippen LogP contribution in [0.3, 0.4) is 0 Å². The lowest BCUT2D eigenvalue weighted by atomic mass is 10.3. The lowest BCUT2D eigenvalue weighted by Crippen LogP contribution is -2.18. The number of amides is 1. The maximum atomic E-state index is 12.0. The Kier molecular flexibility index (Phi) is 5.48. The van der Waals surface area contributed by atoms with Gasteiger partial charge in [-0.3, -0.25) is 4.79 Å². The first-order chi connectivity index (χ1) is 10.9. The number of carbonyl (C=O) groups excluding carboxylic acids is 1. The van der Waals surface area contributed by atoms with Crippen molar-refractivity contribution >= 4 is 21.6 Å². The summed E-state index contributed by atoms with van der Waals surface area (Å²) in [5.74, 6) is 0.177. The summed E-state index contributed by atoms with van der Waals surface area (Å²) in [7, 11) is -3.52. The molecule has 2 aromatic heterocycles. The molecule has 0 fully saturated rings. The fraction of sp³-hybridized carbons (Fsp3) is 0.538. The second-order valence-corrected chi connectivity index (χ2v) is 7.25. The Hall–Kier alpha value is -2.23. The molecule has 0 unspecified atom stereocenters. The minimum Gasteiger partial charge on any atom is -0.360 e. The van der Waals surface area contributed by atoms with Crippen molar-refractivity contribution in [2.75, 3.05) is 11.1 Å². The van der Waals surface area contributed by atoms with E-state index in [1.165, 1.54) is 0 Å². The van der Waals surface area contributed by atoms with Crippen LogP contribution in [-0.4, -0.2) is 35.4 Å². The smallest absolute Gasteiger partial charge is 0.241 e. The summed E-state index contributed by atoms with van der Waals surface area (Å²) in [6.45, 7) is 3.64. The molecule has 9 nitrogen and oxygen atoms in total. The van der Waals surface area contributed by atoms with E-state index in [1.54, 1.807) is 13.0 Å². The van der Waals surface area contributed by atoms with Crippen molar-refractivity contribution in [3.8, 4) is 0 Å². The number of carbonyl (C=O) groups is 1. The predicted octanol–water partition coefficient (Wildman–Crippen LogP) is 1.26. The normalized spacial score (nSPS) is 11.6. The summed E-state index contributed by atoms with van der Waals surface area (Å²) < 4.78 is 33.7. The Bertz CT molecular complexity index is 765. The number of anilines is 1. The highest BCUT2D eigenvalue weighted by Crippen LogP contribution is 2.10. The van der Waals surface area contributed by atoms with Crippen LogP contribution in [0.1, 0.15) is 37.2 Å². The van der Waals surface area contributed by atoms with Crippen LogP contribution in [0.25, 0.3) is 0 Å². The minimum atomic E-state index is -3.52. The number of hydrogen-bond donors (Lipinski definition) is 1. The zero-order valence-electron chi connectivity index (χ0n) is 12.9. The molecule has 1 N–H and O–H groups in total. The van der Waals surface area contributed by atoms with Gasteiger partial charge >= 0.3 is 0 Å². The molecule has 0 aliphatic rings. The summed E-state index contributed by atoms with van der Waals surface area (Å²) in [6.07, 6.45) is 1.28. The lowest BCUT2D eigenvalue weighted by molar-refractivity contribution is -0.115. The van der Waals surface area contributed by atoms with Gasteiger partial charge in [-0.2, -0.15) is 4.98 Å². The van der Waals surface area contributed by atoms with Crippen LogP contribution in [0.15, 0.2) is 15.1 Å². The second-order valence-electron chi connectivity index (χ2n) is 5.07. The van der Waals surface area contributed by atoms with Crippen molar-refractivity contribution in [1.29, 1.82) is 0 Å². The van der Waals surface area contributed by atoms with Gasteiger partial charge in [-0.05, 0) is 13.3 Å². The van der Waals surface area contributed by atoms with Gasteiger partial charge in [-0.25, -0.2) is 8.42 Å². The monoisotopic (exact) mass is 342 g/mol. The summed E-state index contributed by atoms with van der Waals surface area (Å²) in [6, 6.07) is 1.54. The minimum absolute atomic E-state index is 0.0426. The number of aryl methyl sites for hydroxylation is 2. The highest BCUT2D eigenvalue weighted by atomic mass is 32.2. The average Bonchev–Trinajstić information content (AvgIpc) is 3.06. The number of hydrogen-bond acceptors (Lipinski definition) is 8. The molecule has 23 heavy (non-hydrogen) atoms. The van der Waals surface area contributed by atoms with Crippen molar-refractivity contribution in [3.63, 3.8) is 0 Å². The molecule has 2 aromatic rings. The zero-order chi connectivity index (χ0) is 16.9. The van der Waals surface area contributed by atoms with Crippen LogP contribution in [-0.2, 0) is 26.8 Å². The third kappa shape index (κ3) is 5.47. The van der Waals surface area contributed by atoms with Crippen LogP contribution in [0.4, 0.5) is 5.82 Å². The van der Waals surface area contributed by atoms with Gasteiger partial charge in [0.1, 0.15) is 11.5 Å². The highest BCUT2D eigenvalue weighted by molar-refractivity contribution is 7.90. The van der Waals surface area contributed by atoms with Gasteiger partial charge in [0, 0.05) is 18.9 Å². The van der Waals surface area contributed by atoms with Crippen molar-refractivity contribution in [2.45, 2.75) is 38.9 Å². The van der Waals surface area contributed by atoms with Crippen molar-refractivity contribution in [2.24, 2.45) is 0 Å². The fourth-order valence-corrected chi connectivity index (χ4v) is 2.95. The third-order valence-corrected chi connectivity index (χ3v) is 4.38. The van der Waals surface area contributed by atoms with Gasteiger partial charge in [0.15, 0.2) is 21.5 Å². The molecule has 0 saturated heterocycles. The molecule has 1 amide bonds. The number of nitrogens with one attached hydrogen (secondary N) is 1. The molecular formula is C13H18N4O5S. The molecule has 0 aromatic carbocycles. The number of nitrogens with zero attached hydrogens (tertiary/aromatic N) is 3. The number of sulfone groups is 1. The summed E-state index contributed by atoms with van der Waals surface area (Å²) in [5, 5.41) is 9.75. The van der Waals surface area contributed by atoms with Crippen LogP contribution in [0, 0.1) is 6.92 Å². The van der Waals surface area contributed by atoms with E-state index in [0.717, 1.165) is 6.42 Å². The third-order valence-electron chi connectivity index (χ3n) is 2.86. The van der Waals surface area contributed by atoms with Crippen molar-refractivity contribution < 1.29 is 22.3 Å².